The fourth-order valence-corrected chi connectivity index (χ4v) is 1.86. The number of hydrogen-bond donors (Lipinski definition) is 3. The number of halogens is 1. The van der Waals surface area contributed by atoms with Crippen LogP contribution in [0.4, 0.5) is 4.39 Å². The molecule has 160 valence electrons. The Labute approximate surface area is 178 Å². The lowest BCUT2D eigenvalue weighted by atomic mass is 10.0. The first-order chi connectivity index (χ1) is 13.4. The molecule has 0 spiro atoms. The molecule has 2 N–H and O–H groups in total. The van der Waals surface area contributed by atoms with Gasteiger partial charge < -0.3 is 10.6 Å². The third-order valence-corrected chi connectivity index (χ3v) is 3.65. The molecule has 1 rings (SSSR count). The average molecular weight is 410 g/mol. The molecule has 0 amide bonds. The normalized spacial score (nSPS) is 10.3. The van der Waals surface area contributed by atoms with Crippen LogP contribution in [-0.4, -0.2) is 27.2 Å². The van der Waals surface area contributed by atoms with E-state index in [0.29, 0.717) is 0 Å². The van der Waals surface area contributed by atoms with Crippen LogP contribution in [0.3, 0.4) is 0 Å². The minimum atomic E-state index is -0.472. The summed E-state index contributed by atoms with van der Waals surface area (Å²) in [5.74, 6) is -0.472. The second-order valence-corrected chi connectivity index (χ2v) is 5.89. The zero-order valence-electron chi connectivity index (χ0n) is 19.0. The summed E-state index contributed by atoms with van der Waals surface area (Å²) in [6, 6.07) is 6.51. The van der Waals surface area contributed by atoms with Gasteiger partial charge in [0.25, 0.3) is 0 Å². The highest BCUT2D eigenvalue weighted by atomic mass is 32.1. The van der Waals surface area contributed by atoms with Crippen molar-refractivity contribution >= 4 is 18.2 Å². The number of thiol groups is 1. The Morgan fingerprint density at radius 1 is 1.07 bits per heavy atom. The van der Waals surface area contributed by atoms with Crippen LogP contribution in [0.2, 0.25) is 0 Å². The van der Waals surface area contributed by atoms with E-state index in [1.807, 2.05) is 60.0 Å². The Morgan fingerprint density at radius 2 is 1.61 bits per heavy atom. The molecule has 0 fully saturated rings. The van der Waals surface area contributed by atoms with Gasteiger partial charge in [-0.15, -0.1) is 12.6 Å². The van der Waals surface area contributed by atoms with Gasteiger partial charge in [-0.25, -0.2) is 4.39 Å². The maximum Gasteiger partial charge on any atom is 0.141 e. The summed E-state index contributed by atoms with van der Waals surface area (Å²) >= 11 is 4.31. The summed E-state index contributed by atoms with van der Waals surface area (Å²) in [7, 11) is 3.75. The van der Waals surface area contributed by atoms with Crippen LogP contribution < -0.4 is 10.6 Å². The van der Waals surface area contributed by atoms with Gasteiger partial charge in [0.05, 0.1) is 5.56 Å². The van der Waals surface area contributed by atoms with E-state index in [1.54, 1.807) is 6.07 Å². The smallest absolute Gasteiger partial charge is 0.141 e. The van der Waals surface area contributed by atoms with Crippen molar-refractivity contribution < 1.29 is 4.39 Å². The molecule has 0 unspecified atom stereocenters. The largest absolute Gasteiger partial charge is 0.323 e. The lowest BCUT2D eigenvalue weighted by molar-refractivity contribution is 0.623. The van der Waals surface area contributed by atoms with Crippen LogP contribution in [0.5, 0.6) is 0 Å². The second kappa shape index (κ2) is 23.4. The van der Waals surface area contributed by atoms with Crippen molar-refractivity contribution in [2.45, 2.75) is 54.4 Å². The van der Waals surface area contributed by atoms with Gasteiger partial charge in [-0.05, 0) is 68.2 Å². The quantitative estimate of drug-likeness (QED) is 0.388. The minimum Gasteiger partial charge on any atom is -0.323 e. The molecule has 3 nitrogen and oxygen atoms in total. The maximum atomic E-state index is 13.5. The molecule has 0 saturated heterocycles. The molecule has 0 aliphatic heterocycles. The molecule has 1 aromatic carbocycles. The number of benzene rings is 1. The van der Waals surface area contributed by atoms with Gasteiger partial charge in [0.15, 0.2) is 0 Å². The van der Waals surface area contributed by atoms with E-state index in [4.69, 9.17) is 5.26 Å². The van der Waals surface area contributed by atoms with Gasteiger partial charge in [0.1, 0.15) is 11.9 Å². The summed E-state index contributed by atoms with van der Waals surface area (Å²) in [5.41, 5.74) is 1.91. The predicted molar refractivity (Wildman–Crippen MR) is 127 cm³/mol. The number of nitriles is 1. The Balaban J connectivity index is -0.000000523. The molecule has 5 heteroatoms. The SMILES string of the molecule is CC.CC/C(S)=C\C=C(/CC)c1ccc(C#N)c(F)c1.CCNCC.CNC. The van der Waals surface area contributed by atoms with E-state index in [-0.39, 0.29) is 5.56 Å². The number of allylic oxidation sites excluding steroid dienone is 4. The van der Waals surface area contributed by atoms with Gasteiger partial charge in [-0.2, -0.15) is 5.26 Å². The van der Waals surface area contributed by atoms with E-state index in [2.05, 4.69) is 37.1 Å². The van der Waals surface area contributed by atoms with Gasteiger partial charge in [-0.1, -0.05) is 59.8 Å². The third-order valence-electron chi connectivity index (χ3n) is 3.18. The van der Waals surface area contributed by atoms with Gasteiger partial charge in [-0.3, -0.25) is 0 Å². The highest BCUT2D eigenvalue weighted by molar-refractivity contribution is 7.84. The van der Waals surface area contributed by atoms with Crippen LogP contribution in [-0.2, 0) is 0 Å². The van der Waals surface area contributed by atoms with Crippen molar-refractivity contribution in [1.82, 2.24) is 10.6 Å². The first kappa shape index (κ1) is 31.1. The lowest BCUT2D eigenvalue weighted by Crippen LogP contribution is -2.09. The van der Waals surface area contributed by atoms with Crippen molar-refractivity contribution in [3.05, 3.63) is 52.2 Å². The molecule has 28 heavy (non-hydrogen) atoms. The van der Waals surface area contributed by atoms with Crippen LogP contribution in [0.25, 0.3) is 5.57 Å². The van der Waals surface area contributed by atoms with Crippen LogP contribution in [0.15, 0.2) is 35.3 Å². The van der Waals surface area contributed by atoms with E-state index >= 15 is 0 Å². The van der Waals surface area contributed by atoms with Gasteiger partial charge in [0, 0.05) is 0 Å². The lowest BCUT2D eigenvalue weighted by Gasteiger charge is -2.05. The van der Waals surface area contributed by atoms with E-state index in [1.165, 1.54) is 12.1 Å². The van der Waals surface area contributed by atoms with E-state index in [9.17, 15) is 4.39 Å². The molecule has 0 bridgehead atoms. The highest BCUT2D eigenvalue weighted by Gasteiger charge is 2.05. The molecule has 0 aliphatic rings. The minimum absolute atomic E-state index is 0.0770. The summed E-state index contributed by atoms with van der Waals surface area (Å²) < 4.78 is 13.5. The molecule has 0 heterocycles. The van der Waals surface area contributed by atoms with Gasteiger partial charge in [0.2, 0.25) is 0 Å². The monoisotopic (exact) mass is 409 g/mol. The van der Waals surface area contributed by atoms with E-state index in [0.717, 1.165) is 42.0 Å². The van der Waals surface area contributed by atoms with Crippen molar-refractivity contribution in [3.8, 4) is 6.07 Å². The number of hydrogen-bond acceptors (Lipinski definition) is 4. The third kappa shape index (κ3) is 16.6. The maximum absolute atomic E-state index is 13.5. The van der Waals surface area contributed by atoms with E-state index < -0.39 is 5.82 Å². The molecule has 0 saturated carbocycles. The number of rotatable bonds is 6. The molecule has 0 radical (unpaired) electrons. The van der Waals surface area contributed by atoms with Crippen LogP contribution in [0, 0.1) is 17.1 Å². The predicted octanol–water partition coefficient (Wildman–Crippen LogP) is 6.19. The Morgan fingerprint density at radius 3 is 1.93 bits per heavy atom. The van der Waals surface area contributed by atoms with Gasteiger partial charge >= 0.3 is 0 Å². The number of nitrogens with one attached hydrogen (secondary N) is 2. The molecule has 0 atom stereocenters. The summed E-state index contributed by atoms with van der Waals surface area (Å²) in [6.45, 7) is 14.4. The summed E-state index contributed by atoms with van der Waals surface area (Å²) in [4.78, 5) is 0.982. The summed E-state index contributed by atoms with van der Waals surface area (Å²) in [6.07, 6.45) is 5.55. The fraction of sp³-hybridized carbons (Fsp3) is 0.522. The van der Waals surface area contributed by atoms with Crippen LogP contribution >= 0.6 is 12.6 Å². The zero-order valence-corrected chi connectivity index (χ0v) is 19.9. The van der Waals surface area contributed by atoms with Crippen molar-refractivity contribution in [2.24, 2.45) is 0 Å². The molecule has 0 aliphatic carbocycles. The first-order valence-electron chi connectivity index (χ1n) is 10.0. The summed E-state index contributed by atoms with van der Waals surface area (Å²) in [5, 5.41) is 14.6. The second-order valence-electron chi connectivity index (χ2n) is 5.32. The Bertz CT molecular complexity index is 588. The zero-order chi connectivity index (χ0) is 22.4. The average Bonchev–Trinajstić information content (AvgIpc) is 2.71. The topological polar surface area (TPSA) is 47.9 Å². The standard InChI is InChI=1S/C15H16FNS.C4H11N.C2H7N.C2H6/c1-3-11(7-8-14(18)4-2)12-5-6-13(10-17)15(16)9-12;1-3-5-4-2;1-3-2;1-2/h5-9,18H,3-4H2,1-2H3;5H,3-4H2,1-2H3;3H,1-2H3;1-2H3/b11-7+,14-8+;;;. The molecule has 1 aromatic rings. The molecular weight excluding hydrogens is 369 g/mol. The molecule has 0 aromatic heterocycles. The Kier molecular flexibility index (Phi) is 26.0. The van der Waals surface area contributed by atoms with Crippen molar-refractivity contribution in [1.29, 1.82) is 5.26 Å². The fourth-order valence-electron chi connectivity index (χ4n) is 1.79. The Hall–Kier alpha value is -1.61. The van der Waals surface area contributed by atoms with Crippen LogP contribution in [0.1, 0.15) is 65.5 Å². The van der Waals surface area contributed by atoms with Crippen molar-refractivity contribution in [3.63, 3.8) is 0 Å². The number of nitrogens with zero attached hydrogens (tertiary/aromatic N) is 1. The molecular formula is C23H40FN3S. The first-order valence-corrected chi connectivity index (χ1v) is 10.5. The highest BCUT2D eigenvalue weighted by Crippen LogP contribution is 2.21. The van der Waals surface area contributed by atoms with Crippen molar-refractivity contribution in [2.75, 3.05) is 27.2 Å².